The Morgan fingerprint density at radius 1 is 1.19 bits per heavy atom. The summed E-state index contributed by atoms with van der Waals surface area (Å²) in [5, 5.41) is 2.65. The number of carbonyl (C=O) groups excluding carboxylic acids is 2. The molecule has 3 N–H and O–H groups in total. The zero-order valence-electron chi connectivity index (χ0n) is 9.96. The molecule has 2 amide bonds. The molecule has 0 aliphatic rings. The van der Waals surface area contributed by atoms with Gasteiger partial charge in [0.2, 0.25) is 5.91 Å². The summed E-state index contributed by atoms with van der Waals surface area (Å²) >= 11 is 0. The quantitative estimate of drug-likeness (QED) is 0.590. The molecule has 0 unspecified atom stereocenters. The van der Waals surface area contributed by atoms with Gasteiger partial charge in [-0.2, -0.15) is 0 Å². The minimum Gasteiger partial charge on any atom is -0.450 e. The Bertz CT molecular complexity index is 207. The molecule has 16 heavy (non-hydrogen) atoms. The van der Waals surface area contributed by atoms with Gasteiger partial charge in [-0.3, -0.25) is 4.79 Å². The Morgan fingerprint density at radius 3 is 2.56 bits per heavy atom. The monoisotopic (exact) mass is 230 g/mol. The highest BCUT2D eigenvalue weighted by Gasteiger charge is 2.00. The second-order valence-electron chi connectivity index (χ2n) is 3.69. The number of hydrogen-bond acceptors (Lipinski definition) is 3. The predicted octanol–water partition coefficient (Wildman–Crippen LogP) is 1.56. The molecule has 0 saturated carbocycles. The number of hydrogen-bond donors (Lipinski definition) is 2. The second kappa shape index (κ2) is 10.3. The van der Waals surface area contributed by atoms with Crippen LogP contribution in [0.4, 0.5) is 4.79 Å². The standard InChI is InChI=1S/C11H22N2O3/c1-2-3-9-16-11(15)13-8-6-4-5-7-10(12)14/h2-9H2,1H3,(H2,12,14)(H,13,15). The van der Waals surface area contributed by atoms with Gasteiger partial charge < -0.3 is 15.8 Å². The van der Waals surface area contributed by atoms with Crippen LogP contribution in [0.1, 0.15) is 45.4 Å². The number of amides is 2. The third-order valence-corrected chi connectivity index (χ3v) is 2.10. The smallest absolute Gasteiger partial charge is 0.407 e. The highest BCUT2D eigenvalue weighted by molar-refractivity contribution is 5.73. The SMILES string of the molecule is CCCCOC(=O)NCCCCCC(N)=O. The molecule has 0 saturated heterocycles. The van der Waals surface area contributed by atoms with Crippen LogP contribution in [0.15, 0.2) is 0 Å². The van der Waals surface area contributed by atoms with E-state index in [4.69, 9.17) is 10.5 Å². The maximum absolute atomic E-state index is 11.1. The van der Waals surface area contributed by atoms with E-state index in [9.17, 15) is 9.59 Å². The average molecular weight is 230 g/mol. The van der Waals surface area contributed by atoms with E-state index in [-0.39, 0.29) is 12.0 Å². The number of rotatable bonds is 9. The fourth-order valence-corrected chi connectivity index (χ4v) is 1.15. The Balaban J connectivity index is 3.18. The molecule has 5 heteroatoms. The van der Waals surface area contributed by atoms with Gasteiger partial charge >= 0.3 is 6.09 Å². The second-order valence-corrected chi connectivity index (χ2v) is 3.69. The van der Waals surface area contributed by atoms with Crippen LogP contribution in [0.5, 0.6) is 0 Å². The van der Waals surface area contributed by atoms with Gasteiger partial charge in [-0.15, -0.1) is 0 Å². The van der Waals surface area contributed by atoms with Gasteiger partial charge in [0.15, 0.2) is 0 Å². The number of carbonyl (C=O) groups is 2. The summed E-state index contributed by atoms with van der Waals surface area (Å²) in [5.41, 5.74) is 4.99. The average Bonchev–Trinajstić information content (AvgIpc) is 2.23. The topological polar surface area (TPSA) is 81.4 Å². The largest absolute Gasteiger partial charge is 0.450 e. The Hall–Kier alpha value is -1.26. The van der Waals surface area contributed by atoms with Crippen LogP contribution in [-0.4, -0.2) is 25.2 Å². The molecule has 0 radical (unpaired) electrons. The van der Waals surface area contributed by atoms with Crippen molar-refractivity contribution in [1.82, 2.24) is 5.32 Å². The van der Waals surface area contributed by atoms with E-state index < -0.39 is 0 Å². The number of unbranched alkanes of at least 4 members (excludes halogenated alkanes) is 3. The van der Waals surface area contributed by atoms with E-state index in [1.807, 2.05) is 6.92 Å². The van der Waals surface area contributed by atoms with E-state index in [0.29, 0.717) is 19.6 Å². The fraction of sp³-hybridized carbons (Fsp3) is 0.818. The van der Waals surface area contributed by atoms with Crippen LogP contribution in [0.25, 0.3) is 0 Å². The highest BCUT2D eigenvalue weighted by Crippen LogP contribution is 1.98. The summed E-state index contributed by atoms with van der Waals surface area (Å²) in [4.78, 5) is 21.5. The van der Waals surface area contributed by atoms with Crippen LogP contribution in [0, 0.1) is 0 Å². The van der Waals surface area contributed by atoms with Gasteiger partial charge in [0, 0.05) is 13.0 Å². The van der Waals surface area contributed by atoms with Crippen molar-refractivity contribution in [2.24, 2.45) is 5.73 Å². The van der Waals surface area contributed by atoms with Crippen LogP contribution >= 0.6 is 0 Å². The van der Waals surface area contributed by atoms with Crippen molar-refractivity contribution >= 4 is 12.0 Å². The lowest BCUT2D eigenvalue weighted by Gasteiger charge is -2.05. The van der Waals surface area contributed by atoms with Crippen molar-refractivity contribution in [3.05, 3.63) is 0 Å². The third-order valence-electron chi connectivity index (χ3n) is 2.10. The Morgan fingerprint density at radius 2 is 1.94 bits per heavy atom. The molecule has 0 aromatic rings. The van der Waals surface area contributed by atoms with E-state index in [1.54, 1.807) is 0 Å². The molecule has 94 valence electrons. The first-order valence-electron chi connectivity index (χ1n) is 5.85. The molecule has 0 fully saturated rings. The lowest BCUT2D eigenvalue weighted by molar-refractivity contribution is -0.118. The van der Waals surface area contributed by atoms with Crippen LogP contribution in [0.3, 0.4) is 0 Å². The molecule has 0 aliphatic heterocycles. The number of nitrogens with two attached hydrogens (primary N) is 1. The first-order chi connectivity index (χ1) is 7.66. The van der Waals surface area contributed by atoms with Gasteiger partial charge in [-0.25, -0.2) is 4.79 Å². The summed E-state index contributed by atoms with van der Waals surface area (Å²) in [6.45, 7) is 3.10. The number of ether oxygens (including phenoxy) is 1. The van der Waals surface area contributed by atoms with Gasteiger partial charge in [-0.05, 0) is 19.3 Å². The van der Waals surface area contributed by atoms with E-state index in [0.717, 1.165) is 32.1 Å². The molecular formula is C11H22N2O3. The summed E-state index contributed by atoms with van der Waals surface area (Å²) in [7, 11) is 0. The normalized spacial score (nSPS) is 9.81. The molecule has 0 aromatic carbocycles. The summed E-state index contributed by atoms with van der Waals surface area (Å²) in [5.74, 6) is -0.271. The predicted molar refractivity (Wildman–Crippen MR) is 61.9 cm³/mol. The molecular weight excluding hydrogens is 208 g/mol. The maximum Gasteiger partial charge on any atom is 0.407 e. The van der Waals surface area contributed by atoms with Gasteiger partial charge in [-0.1, -0.05) is 19.8 Å². The zero-order valence-corrected chi connectivity index (χ0v) is 9.96. The van der Waals surface area contributed by atoms with E-state index >= 15 is 0 Å². The maximum atomic E-state index is 11.1. The molecule has 0 bridgehead atoms. The highest BCUT2D eigenvalue weighted by atomic mass is 16.5. The van der Waals surface area contributed by atoms with Crippen molar-refractivity contribution in [2.75, 3.05) is 13.2 Å². The Labute approximate surface area is 96.7 Å². The van der Waals surface area contributed by atoms with Gasteiger partial charge in [0.1, 0.15) is 0 Å². The van der Waals surface area contributed by atoms with Crippen molar-refractivity contribution in [3.8, 4) is 0 Å². The Kier molecular flexibility index (Phi) is 9.46. The molecule has 0 atom stereocenters. The first-order valence-corrected chi connectivity index (χ1v) is 5.85. The first kappa shape index (κ1) is 14.7. The van der Waals surface area contributed by atoms with Crippen molar-refractivity contribution < 1.29 is 14.3 Å². The molecule has 0 aromatic heterocycles. The van der Waals surface area contributed by atoms with Crippen molar-refractivity contribution in [1.29, 1.82) is 0 Å². The minimum absolute atomic E-state index is 0.271. The minimum atomic E-state index is -0.358. The number of nitrogens with one attached hydrogen (secondary N) is 1. The van der Waals surface area contributed by atoms with Crippen molar-refractivity contribution in [3.63, 3.8) is 0 Å². The summed E-state index contributed by atoms with van der Waals surface area (Å²) in [6.07, 6.45) is 4.48. The van der Waals surface area contributed by atoms with E-state index in [1.165, 1.54) is 0 Å². The summed E-state index contributed by atoms with van der Waals surface area (Å²) < 4.78 is 4.90. The third kappa shape index (κ3) is 10.8. The van der Waals surface area contributed by atoms with Gasteiger partial charge in [0.25, 0.3) is 0 Å². The lowest BCUT2D eigenvalue weighted by atomic mass is 10.2. The molecule has 0 rings (SSSR count). The summed E-state index contributed by atoms with van der Waals surface area (Å²) in [6, 6.07) is 0. The van der Waals surface area contributed by atoms with E-state index in [2.05, 4.69) is 5.32 Å². The zero-order chi connectivity index (χ0) is 12.2. The molecule has 0 spiro atoms. The van der Waals surface area contributed by atoms with Crippen LogP contribution in [0.2, 0.25) is 0 Å². The van der Waals surface area contributed by atoms with Gasteiger partial charge in [0.05, 0.1) is 6.61 Å². The number of primary amides is 1. The fourth-order valence-electron chi connectivity index (χ4n) is 1.15. The molecule has 0 heterocycles. The molecule has 0 aliphatic carbocycles. The molecule has 5 nitrogen and oxygen atoms in total. The van der Waals surface area contributed by atoms with Crippen LogP contribution < -0.4 is 11.1 Å². The van der Waals surface area contributed by atoms with Crippen molar-refractivity contribution in [2.45, 2.75) is 45.4 Å². The number of alkyl carbamates (subject to hydrolysis) is 1. The lowest BCUT2D eigenvalue weighted by Crippen LogP contribution is -2.25. The van der Waals surface area contributed by atoms with Crippen LogP contribution in [-0.2, 0) is 9.53 Å².